The monoisotopic (exact) mass is 419 g/mol. The first-order valence-electron chi connectivity index (χ1n) is 9.19. The Labute approximate surface area is 173 Å². The lowest BCUT2D eigenvalue weighted by molar-refractivity contribution is -0.127. The standard InChI is InChI=1S/C19H26ClN3O.2ClH/c20-15-5-1-2-6-16(15)23-9-3-4-14(11-23)22-19(24)17-12-7-8-13(10-12)18(17)21;;/h1-2,5-6,12-14,17-18H,3-4,7-11,21H2,(H,22,24);2*1H. The first kappa shape index (κ1) is 21.6. The summed E-state index contributed by atoms with van der Waals surface area (Å²) in [5.41, 5.74) is 7.38. The smallest absolute Gasteiger partial charge is 0.225 e. The van der Waals surface area contributed by atoms with E-state index in [0.29, 0.717) is 11.8 Å². The number of nitrogens with zero attached hydrogens (tertiary/aromatic N) is 1. The minimum atomic E-state index is 0. The number of carbonyl (C=O) groups excluding carboxylic acids is 1. The van der Waals surface area contributed by atoms with E-state index < -0.39 is 0 Å². The molecule has 3 fully saturated rings. The summed E-state index contributed by atoms with van der Waals surface area (Å²) in [5.74, 6) is 1.28. The molecule has 2 bridgehead atoms. The van der Waals surface area contributed by atoms with E-state index >= 15 is 0 Å². The third-order valence-electron chi connectivity index (χ3n) is 6.24. The summed E-state index contributed by atoms with van der Waals surface area (Å²) in [7, 11) is 0. The molecule has 1 heterocycles. The minimum absolute atomic E-state index is 0. The predicted octanol–water partition coefficient (Wildman–Crippen LogP) is 3.64. The molecule has 7 heteroatoms. The molecule has 4 rings (SSSR count). The van der Waals surface area contributed by atoms with Gasteiger partial charge >= 0.3 is 0 Å². The Balaban J connectivity index is 0.00000121. The normalized spacial score (nSPS) is 32.5. The quantitative estimate of drug-likeness (QED) is 0.785. The van der Waals surface area contributed by atoms with E-state index in [9.17, 15) is 4.79 Å². The average Bonchev–Trinajstić information content (AvgIpc) is 3.16. The molecular formula is C19H28Cl3N3O. The molecule has 1 saturated heterocycles. The molecule has 3 N–H and O–H groups in total. The molecule has 2 aliphatic carbocycles. The molecule has 5 atom stereocenters. The third-order valence-corrected chi connectivity index (χ3v) is 6.56. The van der Waals surface area contributed by atoms with Gasteiger partial charge in [0.05, 0.1) is 16.6 Å². The van der Waals surface area contributed by atoms with Crippen LogP contribution in [0, 0.1) is 17.8 Å². The molecule has 146 valence electrons. The number of fused-ring (bicyclic) bond motifs is 2. The number of hydrogen-bond acceptors (Lipinski definition) is 3. The van der Waals surface area contributed by atoms with Crippen molar-refractivity contribution in [2.45, 2.75) is 44.2 Å². The molecule has 1 aliphatic heterocycles. The van der Waals surface area contributed by atoms with Gasteiger partial charge in [-0.2, -0.15) is 0 Å². The summed E-state index contributed by atoms with van der Waals surface area (Å²) in [6.45, 7) is 1.81. The van der Waals surface area contributed by atoms with Crippen LogP contribution in [0.2, 0.25) is 5.02 Å². The van der Waals surface area contributed by atoms with Crippen LogP contribution in [0.25, 0.3) is 0 Å². The fourth-order valence-corrected chi connectivity index (χ4v) is 5.30. The predicted molar refractivity (Wildman–Crippen MR) is 112 cm³/mol. The second-order valence-corrected chi connectivity index (χ2v) is 8.09. The van der Waals surface area contributed by atoms with Crippen molar-refractivity contribution in [1.29, 1.82) is 0 Å². The van der Waals surface area contributed by atoms with E-state index in [-0.39, 0.29) is 48.7 Å². The number of halogens is 3. The molecule has 0 aromatic heterocycles. The number of rotatable bonds is 3. The molecule has 5 unspecified atom stereocenters. The van der Waals surface area contributed by atoms with Crippen LogP contribution in [0.5, 0.6) is 0 Å². The zero-order valence-corrected chi connectivity index (χ0v) is 17.2. The average molecular weight is 421 g/mol. The van der Waals surface area contributed by atoms with E-state index in [4.69, 9.17) is 17.3 Å². The Morgan fingerprint density at radius 1 is 1.15 bits per heavy atom. The molecule has 0 radical (unpaired) electrons. The molecule has 4 nitrogen and oxygen atoms in total. The lowest BCUT2D eigenvalue weighted by Crippen LogP contribution is -2.52. The van der Waals surface area contributed by atoms with Crippen LogP contribution in [-0.2, 0) is 4.79 Å². The number of nitrogens with one attached hydrogen (secondary N) is 1. The number of carbonyl (C=O) groups is 1. The molecule has 1 aromatic rings. The Kier molecular flexibility index (Phi) is 7.49. The lowest BCUT2D eigenvalue weighted by Gasteiger charge is -2.36. The number of para-hydroxylation sites is 1. The number of benzene rings is 1. The van der Waals surface area contributed by atoms with E-state index in [1.165, 1.54) is 12.8 Å². The molecule has 1 amide bonds. The van der Waals surface area contributed by atoms with Crippen molar-refractivity contribution in [1.82, 2.24) is 5.32 Å². The fraction of sp³-hybridized carbons (Fsp3) is 0.632. The minimum Gasteiger partial charge on any atom is -0.368 e. The zero-order chi connectivity index (χ0) is 16.7. The maximum absolute atomic E-state index is 12.8. The van der Waals surface area contributed by atoms with E-state index in [2.05, 4.69) is 16.3 Å². The number of anilines is 1. The van der Waals surface area contributed by atoms with Gasteiger partial charge < -0.3 is 16.0 Å². The number of amides is 1. The van der Waals surface area contributed by atoms with Gasteiger partial charge in [-0.3, -0.25) is 4.79 Å². The summed E-state index contributed by atoms with van der Waals surface area (Å²) in [4.78, 5) is 15.1. The summed E-state index contributed by atoms with van der Waals surface area (Å²) in [6.07, 6.45) is 5.63. The van der Waals surface area contributed by atoms with Crippen molar-refractivity contribution in [3.05, 3.63) is 29.3 Å². The molecule has 2 saturated carbocycles. The van der Waals surface area contributed by atoms with E-state index in [0.717, 1.165) is 43.1 Å². The Bertz CT molecular complexity index is 628. The van der Waals surface area contributed by atoms with Crippen molar-refractivity contribution in [3.8, 4) is 0 Å². The highest BCUT2D eigenvalue weighted by Crippen LogP contribution is 2.47. The van der Waals surface area contributed by atoms with Crippen molar-refractivity contribution in [3.63, 3.8) is 0 Å². The summed E-state index contributed by atoms with van der Waals surface area (Å²) in [5, 5.41) is 4.07. The fourth-order valence-electron chi connectivity index (χ4n) is 5.04. The largest absolute Gasteiger partial charge is 0.368 e. The highest BCUT2D eigenvalue weighted by molar-refractivity contribution is 6.33. The zero-order valence-electron chi connectivity index (χ0n) is 14.8. The topological polar surface area (TPSA) is 58.4 Å². The summed E-state index contributed by atoms with van der Waals surface area (Å²) < 4.78 is 0. The third kappa shape index (κ3) is 4.09. The lowest BCUT2D eigenvalue weighted by atomic mass is 9.84. The van der Waals surface area contributed by atoms with Crippen molar-refractivity contribution in [2.24, 2.45) is 23.5 Å². The highest BCUT2D eigenvalue weighted by atomic mass is 35.5. The van der Waals surface area contributed by atoms with Crippen molar-refractivity contribution >= 4 is 48.0 Å². The van der Waals surface area contributed by atoms with Crippen LogP contribution in [-0.4, -0.2) is 31.1 Å². The van der Waals surface area contributed by atoms with Crippen LogP contribution in [0.15, 0.2) is 24.3 Å². The van der Waals surface area contributed by atoms with Gasteiger partial charge in [-0.1, -0.05) is 23.7 Å². The van der Waals surface area contributed by atoms with E-state index in [1.54, 1.807) is 0 Å². The molecule has 1 aromatic carbocycles. The Morgan fingerprint density at radius 3 is 2.58 bits per heavy atom. The maximum atomic E-state index is 12.8. The van der Waals surface area contributed by atoms with Crippen LogP contribution >= 0.6 is 36.4 Å². The van der Waals surface area contributed by atoms with Crippen LogP contribution < -0.4 is 16.0 Å². The molecule has 0 spiro atoms. The Morgan fingerprint density at radius 2 is 1.88 bits per heavy atom. The van der Waals surface area contributed by atoms with Crippen molar-refractivity contribution in [2.75, 3.05) is 18.0 Å². The first-order valence-corrected chi connectivity index (χ1v) is 9.56. The van der Waals surface area contributed by atoms with E-state index in [1.807, 2.05) is 18.2 Å². The summed E-state index contributed by atoms with van der Waals surface area (Å²) >= 11 is 6.33. The van der Waals surface area contributed by atoms with Crippen LogP contribution in [0.3, 0.4) is 0 Å². The van der Waals surface area contributed by atoms with Gasteiger partial charge in [-0.05, 0) is 56.1 Å². The number of nitrogens with two attached hydrogens (primary N) is 1. The van der Waals surface area contributed by atoms with Gasteiger partial charge in [0.15, 0.2) is 0 Å². The summed E-state index contributed by atoms with van der Waals surface area (Å²) in [6, 6.07) is 8.19. The van der Waals surface area contributed by atoms with Crippen molar-refractivity contribution < 1.29 is 4.79 Å². The first-order chi connectivity index (χ1) is 11.6. The van der Waals surface area contributed by atoms with Crippen LogP contribution in [0.4, 0.5) is 5.69 Å². The second kappa shape index (κ2) is 9.01. The van der Waals surface area contributed by atoms with Gasteiger partial charge in [-0.25, -0.2) is 0 Å². The SMILES string of the molecule is Cl.Cl.NC1C2CCC(C2)C1C(=O)NC1CCCN(c2ccccc2Cl)C1. The van der Waals surface area contributed by atoms with Gasteiger partial charge in [0.25, 0.3) is 0 Å². The van der Waals surface area contributed by atoms with Gasteiger partial charge in [0, 0.05) is 25.2 Å². The maximum Gasteiger partial charge on any atom is 0.225 e. The van der Waals surface area contributed by atoms with Gasteiger partial charge in [-0.15, -0.1) is 24.8 Å². The number of hydrogen-bond donors (Lipinski definition) is 2. The van der Waals surface area contributed by atoms with Crippen LogP contribution in [0.1, 0.15) is 32.1 Å². The highest BCUT2D eigenvalue weighted by Gasteiger charge is 2.49. The van der Waals surface area contributed by atoms with Gasteiger partial charge in [0.2, 0.25) is 5.91 Å². The van der Waals surface area contributed by atoms with Gasteiger partial charge in [0.1, 0.15) is 0 Å². The molecule has 3 aliphatic rings. The second-order valence-electron chi connectivity index (χ2n) is 7.68. The molecular weight excluding hydrogens is 393 g/mol. The number of piperidine rings is 1. The Hall–Kier alpha value is -0.680. The molecule has 26 heavy (non-hydrogen) atoms.